The van der Waals surface area contributed by atoms with Crippen LogP contribution in [0.5, 0.6) is 0 Å². The van der Waals surface area contributed by atoms with Crippen LogP contribution in [0.3, 0.4) is 0 Å². The van der Waals surface area contributed by atoms with Crippen molar-refractivity contribution in [3.63, 3.8) is 0 Å². The molecule has 2 aliphatic rings. The predicted molar refractivity (Wildman–Crippen MR) is 129 cm³/mol. The van der Waals surface area contributed by atoms with Gasteiger partial charge in [0.2, 0.25) is 0 Å². The Morgan fingerprint density at radius 3 is 1.53 bits per heavy atom. The predicted octanol–water partition coefficient (Wildman–Crippen LogP) is 9.07. The van der Waals surface area contributed by atoms with Gasteiger partial charge in [0, 0.05) is 17.0 Å². The molecule has 0 heterocycles. The zero-order chi connectivity index (χ0) is 24.1. The van der Waals surface area contributed by atoms with Gasteiger partial charge in [0.15, 0.2) is 0 Å². The van der Waals surface area contributed by atoms with Crippen molar-refractivity contribution < 1.29 is 17.6 Å². The monoisotopic (exact) mass is 468 g/mol. The summed E-state index contributed by atoms with van der Waals surface area (Å²) in [6.07, 6.45) is 2.69. The smallest absolute Gasteiger partial charge is 0.212 e. The molecule has 180 valence electrons. The molecule has 0 N–H and O–H groups in total. The lowest BCUT2D eigenvalue weighted by Crippen LogP contribution is -2.15. The fourth-order valence-electron chi connectivity index (χ4n) is 5.39. The summed E-state index contributed by atoms with van der Waals surface area (Å²) in [4.78, 5) is 0. The lowest BCUT2D eigenvalue weighted by molar-refractivity contribution is -0.0820. The standard InChI is InChI=1S/C30H32F4/c1-21-2-10-24(11-3-21)25-12-6-22(7-13-25)4-5-23-8-14-26(15-9-23)27-16-18-28(19-17-27)29(31)20-30(32,33)34/h6-9,12-15,20-21,24,27-28H,2-3,10-11,16-19H2,1H3/b29-20-. The topological polar surface area (TPSA) is 0 Å². The fraction of sp³-hybridized carbons (Fsp3) is 0.467. The number of rotatable bonds is 3. The molecular weight excluding hydrogens is 436 g/mol. The zero-order valence-corrected chi connectivity index (χ0v) is 19.7. The third-order valence-corrected chi connectivity index (χ3v) is 7.55. The van der Waals surface area contributed by atoms with Gasteiger partial charge in [-0.05, 0) is 91.7 Å². The average molecular weight is 469 g/mol. The molecule has 34 heavy (non-hydrogen) atoms. The Morgan fingerprint density at radius 2 is 1.12 bits per heavy atom. The van der Waals surface area contributed by atoms with Crippen LogP contribution in [-0.4, -0.2) is 6.18 Å². The fourth-order valence-corrected chi connectivity index (χ4v) is 5.39. The van der Waals surface area contributed by atoms with E-state index in [9.17, 15) is 17.6 Å². The molecule has 0 amide bonds. The van der Waals surface area contributed by atoms with Gasteiger partial charge in [-0.3, -0.25) is 0 Å². The van der Waals surface area contributed by atoms with Gasteiger partial charge in [-0.25, -0.2) is 4.39 Å². The molecule has 2 fully saturated rings. The largest absolute Gasteiger partial charge is 0.412 e. The summed E-state index contributed by atoms with van der Waals surface area (Å²) >= 11 is 0. The summed E-state index contributed by atoms with van der Waals surface area (Å²) in [6.45, 7) is 2.34. The first-order valence-corrected chi connectivity index (χ1v) is 12.4. The minimum absolute atomic E-state index is 0.185. The van der Waals surface area contributed by atoms with Crippen molar-refractivity contribution >= 4 is 0 Å². The maximum absolute atomic E-state index is 13.8. The SMILES string of the molecule is CC1CCC(c2ccc(C#Cc3ccc(C4CCC(/C(F)=C/C(F)(F)F)CC4)cc3)cc2)CC1. The van der Waals surface area contributed by atoms with Gasteiger partial charge < -0.3 is 0 Å². The molecule has 0 saturated heterocycles. The van der Waals surface area contributed by atoms with Crippen molar-refractivity contribution in [1.82, 2.24) is 0 Å². The number of hydrogen-bond donors (Lipinski definition) is 0. The summed E-state index contributed by atoms with van der Waals surface area (Å²) in [5.74, 6) is 6.61. The Balaban J connectivity index is 1.31. The van der Waals surface area contributed by atoms with Crippen molar-refractivity contribution in [1.29, 1.82) is 0 Å². The van der Waals surface area contributed by atoms with E-state index in [-0.39, 0.29) is 12.0 Å². The first-order valence-electron chi connectivity index (χ1n) is 12.4. The number of halogens is 4. The van der Waals surface area contributed by atoms with E-state index in [4.69, 9.17) is 0 Å². The second-order valence-electron chi connectivity index (χ2n) is 10.1. The summed E-state index contributed by atoms with van der Waals surface area (Å²) in [5.41, 5.74) is 4.51. The highest BCUT2D eigenvalue weighted by Gasteiger charge is 2.30. The lowest BCUT2D eigenvalue weighted by atomic mass is 9.78. The molecule has 0 atom stereocenters. The van der Waals surface area contributed by atoms with E-state index in [1.807, 2.05) is 24.3 Å². The molecular formula is C30H32F4. The van der Waals surface area contributed by atoms with Gasteiger partial charge in [0.1, 0.15) is 5.83 Å². The molecule has 4 heteroatoms. The lowest BCUT2D eigenvalue weighted by Gasteiger charge is -2.28. The molecule has 2 aromatic carbocycles. The highest BCUT2D eigenvalue weighted by Crippen LogP contribution is 2.40. The Morgan fingerprint density at radius 1 is 0.706 bits per heavy atom. The first-order chi connectivity index (χ1) is 16.3. The van der Waals surface area contributed by atoms with E-state index in [1.165, 1.54) is 31.2 Å². The molecule has 4 rings (SSSR count). The quantitative estimate of drug-likeness (QED) is 0.311. The van der Waals surface area contributed by atoms with E-state index in [0.29, 0.717) is 31.6 Å². The van der Waals surface area contributed by atoms with E-state index >= 15 is 0 Å². The number of hydrogen-bond acceptors (Lipinski definition) is 0. The Bertz CT molecular complexity index is 1020. The minimum Gasteiger partial charge on any atom is -0.212 e. The van der Waals surface area contributed by atoms with Crippen LogP contribution < -0.4 is 0 Å². The van der Waals surface area contributed by atoms with Gasteiger partial charge in [0.25, 0.3) is 0 Å². The number of benzene rings is 2. The summed E-state index contributed by atoms with van der Waals surface area (Å²) in [5, 5.41) is 0. The summed E-state index contributed by atoms with van der Waals surface area (Å²) < 4.78 is 51.0. The Labute approximate surface area is 200 Å². The van der Waals surface area contributed by atoms with Crippen molar-refractivity contribution in [2.24, 2.45) is 11.8 Å². The molecule has 0 spiro atoms. The van der Waals surface area contributed by atoms with Gasteiger partial charge in [-0.1, -0.05) is 55.9 Å². The maximum atomic E-state index is 13.8. The maximum Gasteiger partial charge on any atom is 0.412 e. The van der Waals surface area contributed by atoms with E-state index in [0.717, 1.165) is 22.6 Å². The molecule has 0 radical (unpaired) electrons. The van der Waals surface area contributed by atoms with Gasteiger partial charge >= 0.3 is 6.18 Å². The molecule has 0 bridgehead atoms. The zero-order valence-electron chi connectivity index (χ0n) is 19.7. The van der Waals surface area contributed by atoms with Crippen LogP contribution in [-0.2, 0) is 0 Å². The first kappa shape index (κ1) is 24.6. The second kappa shape index (κ2) is 10.8. The van der Waals surface area contributed by atoms with Crippen LogP contribution in [0, 0.1) is 23.7 Å². The van der Waals surface area contributed by atoms with Crippen LogP contribution in [0.25, 0.3) is 0 Å². The molecule has 0 nitrogen and oxygen atoms in total. The molecule has 2 aromatic rings. The van der Waals surface area contributed by atoms with Crippen molar-refractivity contribution in [2.45, 2.75) is 76.3 Å². The Hall–Kier alpha value is -2.54. The summed E-state index contributed by atoms with van der Waals surface area (Å²) in [7, 11) is 0. The van der Waals surface area contributed by atoms with Gasteiger partial charge in [0.05, 0.1) is 6.08 Å². The van der Waals surface area contributed by atoms with Crippen molar-refractivity contribution in [3.05, 3.63) is 82.7 Å². The molecule has 0 unspecified atom stereocenters. The molecule has 2 saturated carbocycles. The van der Waals surface area contributed by atoms with E-state index < -0.39 is 17.9 Å². The van der Waals surface area contributed by atoms with Gasteiger partial charge in [-0.2, -0.15) is 13.2 Å². The minimum atomic E-state index is -4.59. The molecule has 2 aliphatic carbocycles. The third-order valence-electron chi connectivity index (χ3n) is 7.55. The van der Waals surface area contributed by atoms with E-state index in [1.54, 1.807) is 0 Å². The normalized spacial score (nSPS) is 26.0. The van der Waals surface area contributed by atoms with Crippen LogP contribution in [0.2, 0.25) is 0 Å². The van der Waals surface area contributed by atoms with Crippen LogP contribution in [0.4, 0.5) is 17.6 Å². The van der Waals surface area contributed by atoms with Crippen LogP contribution in [0.15, 0.2) is 60.4 Å². The van der Waals surface area contributed by atoms with Gasteiger partial charge in [-0.15, -0.1) is 0 Å². The molecule has 0 aliphatic heterocycles. The van der Waals surface area contributed by atoms with Crippen molar-refractivity contribution in [2.75, 3.05) is 0 Å². The Kier molecular flexibility index (Phi) is 7.81. The average Bonchev–Trinajstić information content (AvgIpc) is 2.83. The summed E-state index contributed by atoms with van der Waals surface area (Å²) in [6, 6.07) is 16.7. The highest BCUT2D eigenvalue weighted by atomic mass is 19.4. The molecule has 0 aromatic heterocycles. The van der Waals surface area contributed by atoms with Crippen LogP contribution >= 0.6 is 0 Å². The van der Waals surface area contributed by atoms with Crippen molar-refractivity contribution in [3.8, 4) is 11.8 Å². The van der Waals surface area contributed by atoms with Crippen LogP contribution in [0.1, 0.15) is 92.4 Å². The second-order valence-corrected chi connectivity index (χ2v) is 10.1. The highest BCUT2D eigenvalue weighted by molar-refractivity contribution is 5.44. The number of allylic oxidation sites excluding steroid dienone is 2. The number of alkyl halides is 3. The third kappa shape index (κ3) is 6.75. The van der Waals surface area contributed by atoms with E-state index in [2.05, 4.69) is 43.0 Å².